The Morgan fingerprint density at radius 3 is 2.25 bits per heavy atom. The summed E-state index contributed by atoms with van der Waals surface area (Å²) in [5.74, 6) is 0.424. The lowest BCUT2D eigenvalue weighted by atomic mass is 9.92. The molecule has 1 N–H and O–H groups in total. The summed E-state index contributed by atoms with van der Waals surface area (Å²) in [6.07, 6.45) is 3.77. The maximum absolute atomic E-state index is 11.0. The second-order valence-electron chi connectivity index (χ2n) is 6.63. The van der Waals surface area contributed by atoms with Gasteiger partial charge in [-0.1, -0.05) is 73.2 Å². The van der Waals surface area contributed by atoms with E-state index in [1.54, 1.807) is 0 Å². The highest BCUT2D eigenvalue weighted by Crippen LogP contribution is 2.39. The van der Waals surface area contributed by atoms with Gasteiger partial charge in [0.2, 0.25) is 0 Å². The number of rotatable bonds is 3. The molecule has 1 fully saturated rings. The molecule has 0 radical (unpaired) electrons. The predicted molar refractivity (Wildman–Crippen MR) is 99.3 cm³/mol. The summed E-state index contributed by atoms with van der Waals surface area (Å²) in [4.78, 5) is 2.52. The monoisotopic (exact) mass is 317 g/mol. The highest BCUT2D eigenvalue weighted by Gasteiger charge is 2.26. The van der Waals surface area contributed by atoms with E-state index in [1.807, 2.05) is 18.2 Å². The van der Waals surface area contributed by atoms with Crippen LogP contribution in [0, 0.1) is 0 Å². The van der Waals surface area contributed by atoms with Crippen LogP contribution in [0.5, 0.6) is 5.75 Å². The van der Waals surface area contributed by atoms with Crippen molar-refractivity contribution >= 4 is 10.8 Å². The van der Waals surface area contributed by atoms with Crippen LogP contribution >= 0.6 is 0 Å². The number of hydrogen-bond acceptors (Lipinski definition) is 2. The molecule has 2 heteroatoms. The molecule has 0 spiro atoms. The fraction of sp³-hybridized carbons (Fsp3) is 0.273. The summed E-state index contributed by atoms with van der Waals surface area (Å²) < 4.78 is 0. The van der Waals surface area contributed by atoms with Crippen LogP contribution < -0.4 is 0 Å². The average Bonchev–Trinajstić information content (AvgIpc) is 2.66. The van der Waals surface area contributed by atoms with Gasteiger partial charge in [0, 0.05) is 10.9 Å². The first-order chi connectivity index (χ1) is 11.8. The van der Waals surface area contributed by atoms with Crippen molar-refractivity contribution in [3.05, 3.63) is 77.9 Å². The summed E-state index contributed by atoms with van der Waals surface area (Å²) in [6.45, 7) is 2.18. The number of piperidine rings is 1. The largest absolute Gasteiger partial charge is 0.507 e. The highest BCUT2D eigenvalue weighted by atomic mass is 16.3. The Hall–Kier alpha value is -2.32. The van der Waals surface area contributed by atoms with E-state index in [0.29, 0.717) is 5.75 Å². The van der Waals surface area contributed by atoms with Crippen molar-refractivity contribution in [3.8, 4) is 5.75 Å². The number of benzene rings is 3. The summed E-state index contributed by atoms with van der Waals surface area (Å²) in [6, 6.07) is 23.0. The standard InChI is InChI=1S/C22H23NO/c24-22-19-12-6-5-9-17(19)13-14-20(22)21(18-10-3-1-4-11-18)23-15-7-2-8-16-23/h1,3-6,9-14,21,24H,2,7-8,15-16H2. The number of nitrogens with zero attached hydrogens (tertiary/aromatic N) is 1. The number of hydrogen-bond donors (Lipinski definition) is 1. The van der Waals surface area contributed by atoms with Crippen molar-refractivity contribution in [2.45, 2.75) is 25.3 Å². The third kappa shape index (κ3) is 2.78. The van der Waals surface area contributed by atoms with Crippen LogP contribution in [0.3, 0.4) is 0 Å². The van der Waals surface area contributed by atoms with Crippen LogP contribution in [0.4, 0.5) is 0 Å². The molecular weight excluding hydrogens is 294 g/mol. The van der Waals surface area contributed by atoms with Gasteiger partial charge in [-0.25, -0.2) is 0 Å². The van der Waals surface area contributed by atoms with Crippen molar-refractivity contribution in [3.63, 3.8) is 0 Å². The maximum atomic E-state index is 11.0. The van der Waals surface area contributed by atoms with Crippen molar-refractivity contribution < 1.29 is 5.11 Å². The molecule has 122 valence electrons. The van der Waals surface area contributed by atoms with E-state index in [4.69, 9.17) is 0 Å². The minimum Gasteiger partial charge on any atom is -0.507 e. The summed E-state index contributed by atoms with van der Waals surface area (Å²) in [5, 5.41) is 13.0. The minimum absolute atomic E-state index is 0.121. The Balaban J connectivity index is 1.85. The van der Waals surface area contributed by atoms with Crippen LogP contribution in [0.1, 0.15) is 36.4 Å². The van der Waals surface area contributed by atoms with E-state index in [0.717, 1.165) is 29.4 Å². The summed E-state index contributed by atoms with van der Waals surface area (Å²) in [7, 11) is 0. The Kier molecular flexibility index (Phi) is 4.22. The Morgan fingerprint density at radius 2 is 1.46 bits per heavy atom. The molecule has 0 aliphatic carbocycles. The molecule has 0 amide bonds. The van der Waals surface area contributed by atoms with E-state index in [1.165, 1.54) is 24.8 Å². The fourth-order valence-corrected chi connectivity index (χ4v) is 3.89. The first-order valence-electron chi connectivity index (χ1n) is 8.84. The molecule has 0 aromatic heterocycles. The first-order valence-corrected chi connectivity index (χ1v) is 8.84. The minimum atomic E-state index is 0.121. The highest BCUT2D eigenvalue weighted by molar-refractivity contribution is 5.89. The molecule has 1 unspecified atom stereocenters. The molecule has 1 aliphatic rings. The number of likely N-dealkylation sites (tertiary alicyclic amines) is 1. The Bertz CT molecular complexity index is 822. The lowest BCUT2D eigenvalue weighted by Crippen LogP contribution is -2.34. The van der Waals surface area contributed by atoms with Gasteiger partial charge in [0.05, 0.1) is 6.04 Å². The van der Waals surface area contributed by atoms with E-state index < -0.39 is 0 Å². The molecule has 4 rings (SSSR count). The van der Waals surface area contributed by atoms with Gasteiger partial charge in [-0.05, 0) is 36.9 Å². The van der Waals surface area contributed by atoms with Crippen LogP contribution in [0.2, 0.25) is 0 Å². The smallest absolute Gasteiger partial charge is 0.128 e. The molecule has 2 nitrogen and oxygen atoms in total. The third-order valence-corrected chi connectivity index (χ3v) is 5.10. The zero-order valence-corrected chi connectivity index (χ0v) is 13.9. The van der Waals surface area contributed by atoms with E-state index in [-0.39, 0.29) is 6.04 Å². The van der Waals surface area contributed by atoms with E-state index in [2.05, 4.69) is 53.4 Å². The normalized spacial score (nSPS) is 17.0. The van der Waals surface area contributed by atoms with E-state index in [9.17, 15) is 5.11 Å². The lowest BCUT2D eigenvalue weighted by molar-refractivity contribution is 0.185. The molecule has 1 saturated heterocycles. The number of aromatic hydroxyl groups is 1. The topological polar surface area (TPSA) is 23.5 Å². The predicted octanol–water partition coefficient (Wildman–Crippen LogP) is 5.12. The van der Waals surface area contributed by atoms with Crippen LogP contribution in [-0.4, -0.2) is 23.1 Å². The Morgan fingerprint density at radius 1 is 0.750 bits per heavy atom. The van der Waals surface area contributed by atoms with Gasteiger partial charge >= 0.3 is 0 Å². The van der Waals surface area contributed by atoms with Crippen LogP contribution in [0.15, 0.2) is 66.7 Å². The molecule has 24 heavy (non-hydrogen) atoms. The van der Waals surface area contributed by atoms with Gasteiger partial charge in [-0.15, -0.1) is 0 Å². The average molecular weight is 317 g/mol. The summed E-state index contributed by atoms with van der Waals surface area (Å²) in [5.41, 5.74) is 2.27. The number of phenolic OH excluding ortho intramolecular Hbond substituents is 1. The van der Waals surface area contributed by atoms with Gasteiger partial charge in [-0.3, -0.25) is 4.90 Å². The van der Waals surface area contributed by atoms with Gasteiger partial charge < -0.3 is 5.11 Å². The van der Waals surface area contributed by atoms with Crippen molar-refractivity contribution in [2.24, 2.45) is 0 Å². The molecule has 1 atom stereocenters. The summed E-state index contributed by atoms with van der Waals surface area (Å²) >= 11 is 0. The van der Waals surface area contributed by atoms with Crippen LogP contribution in [-0.2, 0) is 0 Å². The number of phenols is 1. The molecule has 1 aliphatic heterocycles. The van der Waals surface area contributed by atoms with Gasteiger partial charge in [-0.2, -0.15) is 0 Å². The SMILES string of the molecule is Oc1c(C(c2ccccc2)N2CCCCC2)ccc2ccccc12. The van der Waals surface area contributed by atoms with Gasteiger partial charge in [0.1, 0.15) is 5.75 Å². The number of fused-ring (bicyclic) bond motifs is 1. The van der Waals surface area contributed by atoms with Gasteiger partial charge in [0.25, 0.3) is 0 Å². The lowest BCUT2D eigenvalue weighted by Gasteiger charge is -2.35. The zero-order chi connectivity index (χ0) is 16.4. The second-order valence-corrected chi connectivity index (χ2v) is 6.63. The van der Waals surface area contributed by atoms with Crippen molar-refractivity contribution in [1.29, 1.82) is 0 Å². The fourth-order valence-electron chi connectivity index (χ4n) is 3.89. The molecule has 3 aromatic rings. The van der Waals surface area contributed by atoms with E-state index >= 15 is 0 Å². The van der Waals surface area contributed by atoms with Crippen molar-refractivity contribution in [1.82, 2.24) is 4.90 Å². The molecule has 3 aromatic carbocycles. The molecule has 0 bridgehead atoms. The maximum Gasteiger partial charge on any atom is 0.128 e. The molecular formula is C22H23NO. The third-order valence-electron chi connectivity index (χ3n) is 5.10. The molecule has 1 heterocycles. The van der Waals surface area contributed by atoms with Crippen molar-refractivity contribution in [2.75, 3.05) is 13.1 Å². The zero-order valence-electron chi connectivity index (χ0n) is 13.9. The van der Waals surface area contributed by atoms with Gasteiger partial charge in [0.15, 0.2) is 0 Å². The van der Waals surface area contributed by atoms with Crippen LogP contribution in [0.25, 0.3) is 10.8 Å². The first kappa shape index (κ1) is 15.2. The second kappa shape index (κ2) is 6.66. The molecule has 0 saturated carbocycles. The quantitative estimate of drug-likeness (QED) is 0.724. The Labute approximate surface area is 143 Å².